The van der Waals surface area contributed by atoms with E-state index in [2.05, 4.69) is 32.2 Å². The molecule has 2 saturated heterocycles. The summed E-state index contributed by atoms with van der Waals surface area (Å²) in [6.45, 7) is 13.2. The number of urea groups is 1. The van der Waals surface area contributed by atoms with Gasteiger partial charge in [-0.25, -0.2) is 18.4 Å². The predicted molar refractivity (Wildman–Crippen MR) is 191 cm³/mol. The number of carbonyl (C=O) groups is 2. The third-order valence-corrected chi connectivity index (χ3v) is 10.4. The summed E-state index contributed by atoms with van der Waals surface area (Å²) in [6.07, 6.45) is 9.48. The van der Waals surface area contributed by atoms with Crippen LogP contribution in [0.2, 0.25) is 0 Å². The van der Waals surface area contributed by atoms with Gasteiger partial charge in [0, 0.05) is 89.4 Å². The Bertz CT molecular complexity index is 1410. The third-order valence-electron chi connectivity index (χ3n) is 10.4. The molecule has 0 bridgehead atoms. The van der Waals surface area contributed by atoms with Crippen LogP contribution in [0.4, 0.5) is 24.2 Å². The van der Waals surface area contributed by atoms with Gasteiger partial charge in [0.25, 0.3) is 6.43 Å². The first-order valence-electron chi connectivity index (χ1n) is 18.3. The fourth-order valence-electron chi connectivity index (χ4n) is 7.58. The molecule has 4 aliphatic heterocycles. The first-order chi connectivity index (χ1) is 23.8. The normalized spacial score (nSPS) is 22.1. The summed E-state index contributed by atoms with van der Waals surface area (Å²) in [4.78, 5) is 31.3. The molecule has 278 valence electrons. The van der Waals surface area contributed by atoms with Crippen molar-refractivity contribution in [2.45, 2.75) is 103 Å². The van der Waals surface area contributed by atoms with Crippen molar-refractivity contribution in [3.05, 3.63) is 35.2 Å². The number of likely N-dealkylation sites (tertiary alicyclic amines) is 2. The van der Waals surface area contributed by atoms with Gasteiger partial charge in [0.1, 0.15) is 5.60 Å². The zero-order chi connectivity index (χ0) is 36.0. The van der Waals surface area contributed by atoms with Gasteiger partial charge in [-0.05, 0) is 76.9 Å². The topological polar surface area (TPSA) is 111 Å². The number of rotatable bonds is 10. The number of hydrazone groups is 1. The number of hydrogen-bond donors (Lipinski definition) is 2. The van der Waals surface area contributed by atoms with Crippen molar-refractivity contribution >= 4 is 24.2 Å². The molecule has 1 aromatic rings. The number of piperidine rings is 2. The van der Waals surface area contributed by atoms with Gasteiger partial charge in [-0.3, -0.25) is 9.69 Å². The van der Waals surface area contributed by atoms with Crippen LogP contribution in [0.3, 0.4) is 0 Å². The number of nitrogens with zero attached hydrogens (tertiary/aromatic N) is 7. The van der Waals surface area contributed by atoms with Gasteiger partial charge in [-0.15, -0.1) is 0 Å². The lowest BCUT2D eigenvalue weighted by molar-refractivity contribution is 0.0163. The number of aromatic nitrogens is 2. The van der Waals surface area contributed by atoms with Crippen molar-refractivity contribution in [3.63, 3.8) is 0 Å². The molecule has 1 aromatic heterocycles. The minimum Gasteiger partial charge on any atom is -0.444 e. The van der Waals surface area contributed by atoms with Gasteiger partial charge >= 0.3 is 12.1 Å². The van der Waals surface area contributed by atoms with Gasteiger partial charge in [-0.2, -0.15) is 10.2 Å². The Hall–Kier alpha value is -3.68. The highest BCUT2D eigenvalue weighted by molar-refractivity contribution is 5.74. The van der Waals surface area contributed by atoms with Crippen molar-refractivity contribution in [2.24, 2.45) is 16.9 Å². The first-order valence-corrected chi connectivity index (χ1v) is 18.3. The Kier molecular flexibility index (Phi) is 12.4. The summed E-state index contributed by atoms with van der Waals surface area (Å²) >= 11 is 0. The summed E-state index contributed by atoms with van der Waals surface area (Å²) < 4.78 is 34.4. The number of allylic oxidation sites excluding steroid dienone is 3. The van der Waals surface area contributed by atoms with Crippen molar-refractivity contribution in [1.82, 2.24) is 34.8 Å². The Labute approximate surface area is 295 Å². The molecule has 4 aliphatic rings. The van der Waals surface area contributed by atoms with Crippen LogP contribution in [0.15, 0.2) is 29.0 Å². The Morgan fingerprint density at radius 3 is 2.42 bits per heavy atom. The van der Waals surface area contributed by atoms with E-state index in [1.54, 1.807) is 11.9 Å². The molecule has 14 heteroatoms. The first kappa shape index (κ1) is 37.6. The summed E-state index contributed by atoms with van der Waals surface area (Å²) in [7, 11) is 3.59. The average molecular weight is 702 g/mol. The second kappa shape index (κ2) is 16.6. The minimum atomic E-state index is -2.58. The summed E-state index contributed by atoms with van der Waals surface area (Å²) in [5.41, 5.74) is 2.12. The van der Waals surface area contributed by atoms with Crippen LogP contribution < -0.4 is 10.6 Å². The van der Waals surface area contributed by atoms with Gasteiger partial charge in [0.05, 0.1) is 18.6 Å². The van der Waals surface area contributed by atoms with Gasteiger partial charge < -0.3 is 30.1 Å². The molecular weight excluding hydrogens is 644 g/mol. The van der Waals surface area contributed by atoms with E-state index in [9.17, 15) is 18.4 Å². The molecule has 3 amide bonds. The zero-order valence-electron chi connectivity index (χ0n) is 30.7. The van der Waals surface area contributed by atoms with Crippen LogP contribution in [-0.4, -0.2) is 119 Å². The monoisotopic (exact) mass is 701 g/mol. The molecule has 5 rings (SSSR count). The Balaban J connectivity index is 1.26. The van der Waals surface area contributed by atoms with E-state index in [0.29, 0.717) is 43.4 Å². The van der Waals surface area contributed by atoms with Crippen LogP contribution in [0, 0.1) is 11.8 Å². The number of hydrogen-bond acceptors (Lipinski definition) is 8. The second-order valence-electron chi connectivity index (χ2n) is 15.3. The molecule has 0 aromatic carbocycles. The molecule has 2 atom stereocenters. The van der Waals surface area contributed by atoms with Crippen molar-refractivity contribution in [1.29, 1.82) is 0 Å². The highest BCUT2D eigenvalue weighted by Crippen LogP contribution is 2.34. The van der Waals surface area contributed by atoms with Crippen molar-refractivity contribution in [3.8, 4) is 0 Å². The number of carbonyl (C=O) groups excluding carboxylic acids is 2. The smallest absolute Gasteiger partial charge is 0.410 e. The summed E-state index contributed by atoms with van der Waals surface area (Å²) in [5, 5.41) is 17.6. The molecule has 5 heterocycles. The van der Waals surface area contributed by atoms with Crippen molar-refractivity contribution < 1.29 is 23.1 Å². The SMILES string of the molecule is CNC(=O)N1CCc2c(c(NC(/C=C/C(F)F)=C/C[C@H](C)C3CC=NN3C)nn2C2CCN(CC3CCN(C(=O)OC(C)(C)C)CC3)CC2)C1. The maximum atomic E-state index is 13.4. The summed E-state index contributed by atoms with van der Waals surface area (Å²) in [6, 6.07) is 0.318. The highest BCUT2D eigenvalue weighted by atomic mass is 19.3. The number of alkyl halides is 2. The molecular formula is C36H57F2N9O3. The Morgan fingerprint density at radius 1 is 1.08 bits per heavy atom. The second-order valence-corrected chi connectivity index (χ2v) is 15.3. The number of fused-ring (bicyclic) bond motifs is 1. The molecule has 0 aliphatic carbocycles. The van der Waals surface area contributed by atoms with Crippen LogP contribution in [-0.2, 0) is 17.7 Å². The largest absolute Gasteiger partial charge is 0.444 e. The third kappa shape index (κ3) is 9.76. The van der Waals surface area contributed by atoms with Gasteiger partial charge in [-0.1, -0.05) is 13.0 Å². The van der Waals surface area contributed by atoms with Crippen LogP contribution in [0.5, 0.6) is 0 Å². The van der Waals surface area contributed by atoms with E-state index in [1.807, 2.05) is 50.0 Å². The van der Waals surface area contributed by atoms with Gasteiger partial charge in [0.2, 0.25) is 0 Å². The lowest BCUT2D eigenvalue weighted by Crippen LogP contribution is -2.45. The van der Waals surface area contributed by atoms with Crippen LogP contribution >= 0.6 is 0 Å². The standard InChI is InChI=1S/C36H57F2N9O3/c1-25(30-11-17-40-43(30)6)7-8-27(9-10-32(37)38)41-33-29-24-46(34(48)39-5)22-16-31(29)47(42-33)28-14-18-44(19-15-28)23-26-12-20-45(21-13-26)35(49)50-36(2,3)4/h8-10,17,25-26,28,30,32H,7,11-16,18-24H2,1-6H3,(H,39,48)(H,41,42)/b10-9+,27-8+/t25-,30?/m0/s1. The number of ether oxygens (including phenoxy) is 1. The van der Waals surface area contributed by atoms with E-state index in [0.717, 1.165) is 82.2 Å². The molecule has 1 unspecified atom stereocenters. The van der Waals surface area contributed by atoms with E-state index in [1.165, 1.54) is 6.08 Å². The molecule has 12 nitrogen and oxygen atoms in total. The fourth-order valence-corrected chi connectivity index (χ4v) is 7.58. The van der Waals surface area contributed by atoms with E-state index in [-0.39, 0.29) is 30.1 Å². The average Bonchev–Trinajstić information content (AvgIpc) is 3.68. The number of amides is 3. The van der Waals surface area contributed by atoms with Crippen molar-refractivity contribution in [2.75, 3.05) is 58.7 Å². The quantitative estimate of drug-likeness (QED) is 0.302. The number of halogens is 2. The molecule has 50 heavy (non-hydrogen) atoms. The molecule has 2 fully saturated rings. The van der Waals surface area contributed by atoms with E-state index in [4.69, 9.17) is 9.84 Å². The molecule has 2 N–H and O–H groups in total. The molecule has 0 radical (unpaired) electrons. The number of nitrogens with one attached hydrogen (secondary N) is 2. The number of anilines is 1. The zero-order valence-corrected chi connectivity index (χ0v) is 30.7. The lowest BCUT2D eigenvalue weighted by Gasteiger charge is -2.38. The molecule has 0 saturated carbocycles. The Morgan fingerprint density at radius 2 is 1.80 bits per heavy atom. The minimum absolute atomic E-state index is 0.148. The van der Waals surface area contributed by atoms with E-state index < -0.39 is 12.0 Å². The van der Waals surface area contributed by atoms with Crippen LogP contribution in [0.1, 0.15) is 83.5 Å². The highest BCUT2D eigenvalue weighted by Gasteiger charge is 2.33. The van der Waals surface area contributed by atoms with Gasteiger partial charge in [0.15, 0.2) is 5.82 Å². The molecule has 0 spiro atoms. The lowest BCUT2D eigenvalue weighted by atomic mass is 9.95. The van der Waals surface area contributed by atoms with Crippen LogP contribution in [0.25, 0.3) is 0 Å². The maximum Gasteiger partial charge on any atom is 0.410 e. The maximum absolute atomic E-state index is 13.4. The van der Waals surface area contributed by atoms with E-state index >= 15 is 0 Å². The summed E-state index contributed by atoms with van der Waals surface area (Å²) in [5.74, 6) is 1.43. The predicted octanol–water partition coefficient (Wildman–Crippen LogP) is 5.70. The fraction of sp³-hybridized carbons (Fsp3) is 0.722.